The van der Waals surface area contributed by atoms with Crippen molar-refractivity contribution in [2.75, 3.05) is 13.2 Å². The van der Waals surface area contributed by atoms with Crippen LogP contribution < -0.4 is 0 Å². The standard InChI is InChI=1S/C12H13F3O2/c13-12(14,15)10-3-1-8(2-4-10)11-9(7-16)5-6-17-11/h1-4,9,11,16H,5-7H2. The predicted molar refractivity (Wildman–Crippen MR) is 55.3 cm³/mol. The van der Waals surface area contributed by atoms with Crippen LogP contribution in [0.2, 0.25) is 0 Å². The molecule has 1 heterocycles. The van der Waals surface area contributed by atoms with E-state index in [1.165, 1.54) is 12.1 Å². The molecule has 1 aromatic carbocycles. The van der Waals surface area contributed by atoms with E-state index >= 15 is 0 Å². The lowest BCUT2D eigenvalue weighted by Gasteiger charge is -2.17. The highest BCUT2D eigenvalue weighted by Crippen LogP contribution is 2.36. The molecule has 2 nitrogen and oxygen atoms in total. The Hall–Kier alpha value is -1.07. The third-order valence-corrected chi connectivity index (χ3v) is 3.02. The molecule has 0 radical (unpaired) electrons. The van der Waals surface area contributed by atoms with Crippen LogP contribution in [0.25, 0.3) is 0 Å². The summed E-state index contributed by atoms with van der Waals surface area (Å²) in [6.45, 7) is 0.530. The minimum Gasteiger partial charge on any atom is -0.396 e. The van der Waals surface area contributed by atoms with Crippen molar-refractivity contribution in [3.05, 3.63) is 35.4 Å². The average molecular weight is 246 g/mol. The van der Waals surface area contributed by atoms with Gasteiger partial charge in [0.2, 0.25) is 0 Å². The monoisotopic (exact) mass is 246 g/mol. The lowest BCUT2D eigenvalue weighted by molar-refractivity contribution is -0.137. The van der Waals surface area contributed by atoms with E-state index in [2.05, 4.69) is 0 Å². The molecular weight excluding hydrogens is 233 g/mol. The largest absolute Gasteiger partial charge is 0.416 e. The summed E-state index contributed by atoms with van der Waals surface area (Å²) in [7, 11) is 0. The van der Waals surface area contributed by atoms with Crippen molar-refractivity contribution in [1.82, 2.24) is 0 Å². The number of rotatable bonds is 2. The Bertz CT molecular complexity index is 372. The lowest BCUT2D eigenvalue weighted by Crippen LogP contribution is -2.12. The zero-order valence-electron chi connectivity index (χ0n) is 9.07. The molecule has 0 bridgehead atoms. The van der Waals surface area contributed by atoms with Gasteiger partial charge in [-0.2, -0.15) is 13.2 Å². The Morgan fingerprint density at radius 3 is 2.41 bits per heavy atom. The van der Waals surface area contributed by atoms with E-state index in [0.29, 0.717) is 12.2 Å². The van der Waals surface area contributed by atoms with E-state index in [0.717, 1.165) is 18.6 Å². The lowest BCUT2D eigenvalue weighted by atomic mass is 9.95. The van der Waals surface area contributed by atoms with Crippen LogP contribution in [0, 0.1) is 5.92 Å². The highest BCUT2D eigenvalue weighted by molar-refractivity contribution is 5.26. The Kier molecular flexibility index (Phi) is 3.40. The van der Waals surface area contributed by atoms with E-state index in [9.17, 15) is 13.2 Å². The summed E-state index contributed by atoms with van der Waals surface area (Å²) < 4.78 is 42.5. The van der Waals surface area contributed by atoms with Crippen LogP contribution >= 0.6 is 0 Å². The Morgan fingerprint density at radius 2 is 1.88 bits per heavy atom. The normalized spacial score (nSPS) is 25.2. The van der Waals surface area contributed by atoms with E-state index in [1.54, 1.807) is 0 Å². The summed E-state index contributed by atoms with van der Waals surface area (Å²) in [5.41, 5.74) is 0.0225. The quantitative estimate of drug-likeness (QED) is 0.869. The Labute approximate surface area is 97.0 Å². The van der Waals surface area contributed by atoms with Gasteiger partial charge in [0.25, 0.3) is 0 Å². The number of halogens is 3. The van der Waals surface area contributed by atoms with Crippen molar-refractivity contribution in [2.45, 2.75) is 18.7 Å². The van der Waals surface area contributed by atoms with Crippen molar-refractivity contribution in [3.63, 3.8) is 0 Å². The van der Waals surface area contributed by atoms with E-state index < -0.39 is 11.7 Å². The number of aliphatic hydroxyl groups is 1. The SMILES string of the molecule is OCC1CCOC1c1ccc(C(F)(F)F)cc1. The number of hydrogen-bond acceptors (Lipinski definition) is 2. The molecule has 0 aliphatic carbocycles. The highest BCUT2D eigenvalue weighted by atomic mass is 19.4. The van der Waals surface area contributed by atoms with Gasteiger partial charge >= 0.3 is 6.18 Å². The summed E-state index contributed by atoms with van der Waals surface area (Å²) in [6, 6.07) is 4.93. The van der Waals surface area contributed by atoms with Gasteiger partial charge in [0.1, 0.15) is 0 Å². The maximum Gasteiger partial charge on any atom is 0.416 e. The van der Waals surface area contributed by atoms with E-state index in [-0.39, 0.29) is 18.6 Å². The maximum atomic E-state index is 12.4. The Morgan fingerprint density at radius 1 is 1.24 bits per heavy atom. The van der Waals surface area contributed by atoms with Crippen molar-refractivity contribution < 1.29 is 23.0 Å². The zero-order chi connectivity index (χ0) is 12.5. The van der Waals surface area contributed by atoms with Crippen LogP contribution in [0.1, 0.15) is 23.7 Å². The van der Waals surface area contributed by atoms with Gasteiger partial charge in [-0.15, -0.1) is 0 Å². The second-order valence-electron chi connectivity index (χ2n) is 4.14. The second kappa shape index (κ2) is 4.66. The van der Waals surface area contributed by atoms with Gasteiger partial charge in [0.05, 0.1) is 11.7 Å². The number of aliphatic hydroxyl groups excluding tert-OH is 1. The molecule has 0 spiro atoms. The fourth-order valence-corrected chi connectivity index (χ4v) is 2.05. The third-order valence-electron chi connectivity index (χ3n) is 3.02. The number of benzene rings is 1. The molecule has 1 N–H and O–H groups in total. The van der Waals surface area contributed by atoms with Gasteiger partial charge in [0.15, 0.2) is 0 Å². The Balaban J connectivity index is 2.18. The van der Waals surface area contributed by atoms with Crippen LogP contribution in [0.4, 0.5) is 13.2 Å². The van der Waals surface area contributed by atoms with Crippen LogP contribution in [0.3, 0.4) is 0 Å². The maximum absolute atomic E-state index is 12.4. The molecule has 1 aliphatic rings. The topological polar surface area (TPSA) is 29.5 Å². The molecule has 0 amide bonds. The molecule has 1 aliphatic heterocycles. The molecule has 2 rings (SSSR count). The summed E-state index contributed by atoms with van der Waals surface area (Å²) in [5, 5.41) is 9.12. The number of hydrogen-bond donors (Lipinski definition) is 1. The van der Waals surface area contributed by atoms with Gasteiger partial charge in [0, 0.05) is 19.1 Å². The summed E-state index contributed by atoms with van der Waals surface area (Å²) in [4.78, 5) is 0. The van der Waals surface area contributed by atoms with Crippen molar-refractivity contribution >= 4 is 0 Å². The van der Waals surface area contributed by atoms with Crippen molar-refractivity contribution in [1.29, 1.82) is 0 Å². The van der Waals surface area contributed by atoms with Crippen LogP contribution in [0.15, 0.2) is 24.3 Å². The molecule has 1 fully saturated rings. The highest BCUT2D eigenvalue weighted by Gasteiger charge is 2.32. The molecule has 2 atom stereocenters. The summed E-state index contributed by atoms with van der Waals surface area (Å²) in [6.07, 6.45) is -3.87. The van der Waals surface area contributed by atoms with E-state index in [4.69, 9.17) is 9.84 Å². The van der Waals surface area contributed by atoms with Crippen LogP contribution in [-0.4, -0.2) is 18.3 Å². The first-order valence-electron chi connectivity index (χ1n) is 5.42. The minimum atomic E-state index is -4.31. The third kappa shape index (κ3) is 2.61. The van der Waals surface area contributed by atoms with Crippen LogP contribution in [0.5, 0.6) is 0 Å². The minimum absolute atomic E-state index is 0.00825. The van der Waals surface area contributed by atoms with Gasteiger partial charge in [-0.05, 0) is 24.1 Å². The van der Waals surface area contributed by atoms with Crippen molar-refractivity contribution in [2.24, 2.45) is 5.92 Å². The van der Waals surface area contributed by atoms with Crippen LogP contribution in [-0.2, 0) is 10.9 Å². The molecule has 0 saturated carbocycles. The second-order valence-corrected chi connectivity index (χ2v) is 4.14. The first-order chi connectivity index (χ1) is 8.02. The van der Waals surface area contributed by atoms with Gasteiger partial charge in [-0.3, -0.25) is 0 Å². The summed E-state index contributed by atoms with van der Waals surface area (Å²) in [5.74, 6) is -0.0215. The molecular formula is C12H13F3O2. The van der Waals surface area contributed by atoms with Gasteiger partial charge in [-0.1, -0.05) is 12.1 Å². The molecule has 5 heteroatoms. The summed E-state index contributed by atoms with van der Waals surface area (Å²) >= 11 is 0. The first-order valence-corrected chi connectivity index (χ1v) is 5.42. The zero-order valence-corrected chi connectivity index (χ0v) is 9.07. The molecule has 1 saturated heterocycles. The molecule has 94 valence electrons. The van der Waals surface area contributed by atoms with Gasteiger partial charge in [-0.25, -0.2) is 0 Å². The fourth-order valence-electron chi connectivity index (χ4n) is 2.05. The fraction of sp³-hybridized carbons (Fsp3) is 0.500. The predicted octanol–water partition coefficient (Wildman–Crippen LogP) is 2.78. The first kappa shape index (κ1) is 12.4. The molecule has 17 heavy (non-hydrogen) atoms. The molecule has 1 aromatic rings. The average Bonchev–Trinajstić information content (AvgIpc) is 2.76. The molecule has 0 aromatic heterocycles. The number of ether oxygens (including phenoxy) is 1. The smallest absolute Gasteiger partial charge is 0.396 e. The molecule has 2 unspecified atom stereocenters. The van der Waals surface area contributed by atoms with E-state index in [1.807, 2.05) is 0 Å². The number of alkyl halides is 3. The van der Waals surface area contributed by atoms with Crippen molar-refractivity contribution in [3.8, 4) is 0 Å². The van der Waals surface area contributed by atoms with Gasteiger partial charge < -0.3 is 9.84 Å².